The van der Waals surface area contributed by atoms with Crippen LogP contribution < -0.4 is 5.43 Å². The van der Waals surface area contributed by atoms with E-state index in [1.54, 1.807) is 23.4 Å². The molecule has 1 aliphatic heterocycles. The Bertz CT molecular complexity index is 1340. The minimum atomic E-state index is -0.495. The second-order valence-corrected chi connectivity index (χ2v) is 8.18. The number of nitrogens with zero attached hydrogens (tertiary/aromatic N) is 3. The first-order valence-electron chi connectivity index (χ1n) is 10.4. The molecular weight excluding hydrogens is 390 g/mol. The second-order valence-electron chi connectivity index (χ2n) is 8.18. The summed E-state index contributed by atoms with van der Waals surface area (Å²) in [6.45, 7) is 1.37. The van der Waals surface area contributed by atoms with Gasteiger partial charge in [-0.05, 0) is 50.1 Å². The Labute approximate surface area is 179 Å². The zero-order valence-corrected chi connectivity index (χ0v) is 17.5. The fourth-order valence-corrected chi connectivity index (χ4v) is 4.42. The molecule has 4 aromatic rings. The van der Waals surface area contributed by atoms with Gasteiger partial charge in [-0.25, -0.2) is 0 Å². The molecule has 0 fully saturated rings. The summed E-state index contributed by atoms with van der Waals surface area (Å²) >= 11 is 0. The molecule has 0 N–H and O–H groups in total. The van der Waals surface area contributed by atoms with Crippen LogP contribution >= 0.6 is 0 Å². The standard InChI is InChI=1S/C25H23N3O3/c1-27(2)13-6-14-28-21(17-8-5-12-26-15-17)20-22(29)19-11-10-16-7-3-4-9-18(16)23(19)31-24(20)25(28)30/h3-5,7-12,15,21H,6,13-14H2,1-2H3. The van der Waals surface area contributed by atoms with Crippen LogP contribution in [0.15, 0.2) is 70.1 Å². The first-order valence-corrected chi connectivity index (χ1v) is 10.4. The van der Waals surface area contributed by atoms with Gasteiger partial charge >= 0.3 is 0 Å². The Balaban J connectivity index is 1.72. The summed E-state index contributed by atoms with van der Waals surface area (Å²) < 4.78 is 6.20. The summed E-state index contributed by atoms with van der Waals surface area (Å²) in [5.74, 6) is -0.0953. The van der Waals surface area contributed by atoms with Gasteiger partial charge in [0.05, 0.1) is 17.0 Å². The lowest BCUT2D eigenvalue weighted by Crippen LogP contribution is -2.32. The van der Waals surface area contributed by atoms with E-state index >= 15 is 0 Å². The molecule has 0 aliphatic carbocycles. The fraction of sp³-hybridized carbons (Fsp3) is 0.240. The number of hydrogen-bond acceptors (Lipinski definition) is 5. The van der Waals surface area contributed by atoms with E-state index in [-0.39, 0.29) is 17.1 Å². The molecule has 5 rings (SSSR count). The quantitative estimate of drug-likeness (QED) is 0.465. The molecule has 2 aromatic heterocycles. The normalized spacial score (nSPS) is 15.9. The molecule has 156 valence electrons. The minimum absolute atomic E-state index is 0.146. The molecule has 6 nitrogen and oxygen atoms in total. The fourth-order valence-electron chi connectivity index (χ4n) is 4.42. The lowest BCUT2D eigenvalue weighted by Gasteiger charge is -2.25. The van der Waals surface area contributed by atoms with E-state index in [2.05, 4.69) is 9.88 Å². The Morgan fingerprint density at radius 2 is 1.87 bits per heavy atom. The van der Waals surface area contributed by atoms with Crippen LogP contribution in [0.4, 0.5) is 0 Å². The SMILES string of the molecule is CN(C)CCCN1C(=O)c2oc3c(ccc4ccccc43)c(=O)c2C1c1cccnc1. The Morgan fingerprint density at radius 3 is 2.65 bits per heavy atom. The number of carbonyl (C=O) groups excluding carboxylic acids is 1. The Hall–Kier alpha value is -3.51. The van der Waals surface area contributed by atoms with Crippen LogP contribution in [-0.4, -0.2) is 47.9 Å². The maximum Gasteiger partial charge on any atom is 0.290 e. The van der Waals surface area contributed by atoms with Gasteiger partial charge in [0, 0.05) is 24.3 Å². The molecule has 31 heavy (non-hydrogen) atoms. The van der Waals surface area contributed by atoms with Crippen LogP contribution in [0.5, 0.6) is 0 Å². The monoisotopic (exact) mass is 413 g/mol. The molecule has 1 amide bonds. The number of fused-ring (bicyclic) bond motifs is 4. The molecule has 0 saturated carbocycles. The van der Waals surface area contributed by atoms with Gasteiger partial charge in [-0.1, -0.05) is 36.4 Å². The maximum absolute atomic E-state index is 13.7. The van der Waals surface area contributed by atoms with Crippen molar-refractivity contribution in [3.05, 3.63) is 88.0 Å². The highest BCUT2D eigenvalue weighted by Gasteiger charge is 2.42. The predicted octanol–water partition coefficient (Wildman–Crippen LogP) is 3.84. The van der Waals surface area contributed by atoms with Crippen molar-refractivity contribution < 1.29 is 9.21 Å². The van der Waals surface area contributed by atoms with Gasteiger partial charge in [0.2, 0.25) is 5.76 Å². The topological polar surface area (TPSA) is 66.7 Å². The molecule has 1 aliphatic rings. The molecule has 1 unspecified atom stereocenters. The van der Waals surface area contributed by atoms with Crippen molar-refractivity contribution >= 4 is 27.6 Å². The number of amides is 1. The van der Waals surface area contributed by atoms with E-state index in [4.69, 9.17) is 4.42 Å². The third kappa shape index (κ3) is 3.20. The first-order chi connectivity index (χ1) is 15.1. The highest BCUT2D eigenvalue weighted by molar-refractivity contribution is 6.06. The second kappa shape index (κ2) is 7.63. The van der Waals surface area contributed by atoms with Crippen LogP contribution in [0.2, 0.25) is 0 Å². The van der Waals surface area contributed by atoms with Crippen molar-refractivity contribution in [3.8, 4) is 0 Å². The molecule has 3 heterocycles. The summed E-state index contributed by atoms with van der Waals surface area (Å²) in [6.07, 6.45) is 4.20. The highest BCUT2D eigenvalue weighted by Crippen LogP contribution is 2.38. The van der Waals surface area contributed by atoms with Gasteiger partial charge in [0.1, 0.15) is 5.58 Å². The first kappa shape index (κ1) is 19.5. The van der Waals surface area contributed by atoms with E-state index < -0.39 is 6.04 Å². The smallest absolute Gasteiger partial charge is 0.290 e. The van der Waals surface area contributed by atoms with E-state index in [1.165, 1.54) is 0 Å². The zero-order chi connectivity index (χ0) is 21.5. The largest absolute Gasteiger partial charge is 0.450 e. The number of aromatic nitrogens is 1. The van der Waals surface area contributed by atoms with Gasteiger partial charge in [0.15, 0.2) is 5.43 Å². The molecule has 0 radical (unpaired) electrons. The number of hydrogen-bond donors (Lipinski definition) is 0. The Kier molecular flexibility index (Phi) is 4.79. The molecule has 0 spiro atoms. The number of pyridine rings is 1. The molecular formula is C25H23N3O3. The van der Waals surface area contributed by atoms with Gasteiger partial charge < -0.3 is 14.2 Å². The molecule has 1 atom stereocenters. The maximum atomic E-state index is 13.7. The lowest BCUT2D eigenvalue weighted by molar-refractivity contribution is 0.0722. The van der Waals surface area contributed by atoms with Gasteiger partial charge in [-0.15, -0.1) is 0 Å². The van der Waals surface area contributed by atoms with Crippen LogP contribution in [0.3, 0.4) is 0 Å². The number of rotatable bonds is 5. The van der Waals surface area contributed by atoms with Gasteiger partial charge in [0.25, 0.3) is 5.91 Å². The van der Waals surface area contributed by atoms with E-state index in [0.717, 1.165) is 29.3 Å². The summed E-state index contributed by atoms with van der Waals surface area (Å²) in [4.78, 5) is 35.2. The molecule has 0 saturated heterocycles. The van der Waals surface area contributed by atoms with Crippen molar-refractivity contribution in [1.82, 2.24) is 14.8 Å². The van der Waals surface area contributed by atoms with E-state index in [0.29, 0.717) is 23.1 Å². The van der Waals surface area contributed by atoms with Crippen LogP contribution in [0.25, 0.3) is 21.7 Å². The van der Waals surface area contributed by atoms with E-state index in [9.17, 15) is 9.59 Å². The molecule has 6 heteroatoms. The van der Waals surface area contributed by atoms with Crippen molar-refractivity contribution in [2.24, 2.45) is 0 Å². The average molecular weight is 413 g/mol. The summed E-state index contributed by atoms with van der Waals surface area (Å²) in [6, 6.07) is 14.7. The van der Waals surface area contributed by atoms with Gasteiger partial charge in [-0.3, -0.25) is 14.6 Å². The summed E-state index contributed by atoms with van der Waals surface area (Å²) in [5.41, 5.74) is 1.53. The number of benzene rings is 2. The van der Waals surface area contributed by atoms with E-state index in [1.807, 2.05) is 56.6 Å². The summed E-state index contributed by atoms with van der Waals surface area (Å²) in [5, 5.41) is 2.29. The van der Waals surface area contributed by atoms with Crippen LogP contribution in [0.1, 0.15) is 34.1 Å². The minimum Gasteiger partial charge on any atom is -0.450 e. The predicted molar refractivity (Wildman–Crippen MR) is 120 cm³/mol. The van der Waals surface area contributed by atoms with Crippen molar-refractivity contribution in [1.29, 1.82) is 0 Å². The summed E-state index contributed by atoms with van der Waals surface area (Å²) in [7, 11) is 4.00. The van der Waals surface area contributed by atoms with Crippen molar-refractivity contribution in [2.45, 2.75) is 12.5 Å². The highest BCUT2D eigenvalue weighted by atomic mass is 16.3. The average Bonchev–Trinajstić information content (AvgIpc) is 3.06. The molecule has 2 aromatic carbocycles. The lowest BCUT2D eigenvalue weighted by atomic mass is 9.98. The van der Waals surface area contributed by atoms with Crippen molar-refractivity contribution in [3.63, 3.8) is 0 Å². The zero-order valence-electron chi connectivity index (χ0n) is 17.5. The third-order valence-electron chi connectivity index (χ3n) is 5.86. The van der Waals surface area contributed by atoms with Gasteiger partial charge in [-0.2, -0.15) is 0 Å². The molecule has 0 bridgehead atoms. The Morgan fingerprint density at radius 1 is 1.03 bits per heavy atom. The number of carbonyl (C=O) groups is 1. The van der Waals surface area contributed by atoms with Crippen molar-refractivity contribution in [2.75, 3.05) is 27.2 Å². The third-order valence-corrected chi connectivity index (χ3v) is 5.86. The van der Waals surface area contributed by atoms with Crippen LogP contribution in [-0.2, 0) is 0 Å². The van der Waals surface area contributed by atoms with Crippen LogP contribution in [0, 0.1) is 0 Å².